The Morgan fingerprint density at radius 3 is 2.44 bits per heavy atom. The molecule has 0 radical (unpaired) electrons. The zero-order valence-corrected chi connectivity index (χ0v) is 14.2. The van der Waals surface area contributed by atoms with Gasteiger partial charge in [0, 0.05) is 6.42 Å². The Hall–Kier alpha value is -3.29. The van der Waals surface area contributed by atoms with Gasteiger partial charge in [-0.15, -0.1) is 0 Å². The fraction of sp³-hybridized carbons (Fsp3) is 0.211. The summed E-state index contributed by atoms with van der Waals surface area (Å²) in [5.74, 6) is -1.25. The molecule has 0 aromatic heterocycles. The van der Waals surface area contributed by atoms with E-state index in [2.05, 4.69) is 9.84 Å². The standard InChI is InChI=1S/C19H16F2N2O4/c20-19(21)27-15-8-6-14(7-9-15)18(25)26-12-17(24)23-11-10-16(22-23)13-4-2-1-3-5-13/h1-9,19H,10-12H2. The molecule has 0 N–H and O–H groups in total. The molecule has 0 bridgehead atoms. The number of hydrogen-bond acceptors (Lipinski definition) is 5. The average Bonchev–Trinajstić information content (AvgIpc) is 3.17. The topological polar surface area (TPSA) is 68.2 Å². The lowest BCUT2D eigenvalue weighted by molar-refractivity contribution is -0.134. The summed E-state index contributed by atoms with van der Waals surface area (Å²) in [4.78, 5) is 24.1. The molecule has 0 fully saturated rings. The normalized spacial score (nSPS) is 13.4. The molecule has 140 valence electrons. The largest absolute Gasteiger partial charge is 0.452 e. The van der Waals surface area contributed by atoms with Gasteiger partial charge in [0.1, 0.15) is 5.75 Å². The highest BCUT2D eigenvalue weighted by atomic mass is 19.3. The van der Waals surface area contributed by atoms with E-state index in [1.165, 1.54) is 29.3 Å². The van der Waals surface area contributed by atoms with Crippen molar-refractivity contribution in [3.05, 3.63) is 65.7 Å². The van der Waals surface area contributed by atoms with Gasteiger partial charge in [-0.05, 0) is 29.8 Å². The molecule has 0 aliphatic carbocycles. The molecule has 27 heavy (non-hydrogen) atoms. The van der Waals surface area contributed by atoms with Crippen molar-refractivity contribution >= 4 is 17.6 Å². The first-order chi connectivity index (χ1) is 13.0. The molecule has 8 heteroatoms. The third-order valence-corrected chi connectivity index (χ3v) is 3.84. The van der Waals surface area contributed by atoms with Gasteiger partial charge in [0.25, 0.3) is 5.91 Å². The maximum Gasteiger partial charge on any atom is 0.387 e. The summed E-state index contributed by atoms with van der Waals surface area (Å²) in [5, 5.41) is 5.54. The molecule has 1 heterocycles. The minimum absolute atomic E-state index is 0.0718. The summed E-state index contributed by atoms with van der Waals surface area (Å²) < 4.78 is 33.4. The summed E-state index contributed by atoms with van der Waals surface area (Å²) >= 11 is 0. The molecule has 6 nitrogen and oxygen atoms in total. The zero-order valence-electron chi connectivity index (χ0n) is 14.2. The number of amides is 1. The van der Waals surface area contributed by atoms with Gasteiger partial charge in [-0.3, -0.25) is 4.79 Å². The molecule has 0 atom stereocenters. The minimum atomic E-state index is -2.94. The molecular weight excluding hydrogens is 358 g/mol. The van der Waals surface area contributed by atoms with Crippen LogP contribution in [-0.2, 0) is 9.53 Å². The Bertz CT molecular complexity index is 839. The van der Waals surface area contributed by atoms with E-state index in [1.807, 2.05) is 30.3 Å². The first kappa shape index (κ1) is 18.5. The number of rotatable bonds is 6. The second kappa shape index (κ2) is 8.39. The number of alkyl halides is 2. The van der Waals surface area contributed by atoms with E-state index in [0.717, 1.165) is 11.3 Å². The van der Waals surface area contributed by atoms with E-state index in [1.54, 1.807) is 0 Å². The van der Waals surface area contributed by atoms with Gasteiger partial charge in [0.2, 0.25) is 0 Å². The average molecular weight is 374 g/mol. The smallest absolute Gasteiger partial charge is 0.387 e. The van der Waals surface area contributed by atoms with Crippen LogP contribution in [0.3, 0.4) is 0 Å². The number of hydrazone groups is 1. The fourth-order valence-corrected chi connectivity index (χ4v) is 2.53. The molecular formula is C19H16F2N2O4. The van der Waals surface area contributed by atoms with Gasteiger partial charge < -0.3 is 9.47 Å². The second-order valence-electron chi connectivity index (χ2n) is 5.66. The van der Waals surface area contributed by atoms with Crippen LogP contribution >= 0.6 is 0 Å². The van der Waals surface area contributed by atoms with Crippen LogP contribution in [0.2, 0.25) is 0 Å². The SMILES string of the molecule is O=C(OCC(=O)N1CCC(c2ccccc2)=N1)c1ccc(OC(F)F)cc1. The predicted molar refractivity (Wildman–Crippen MR) is 92.7 cm³/mol. The van der Waals surface area contributed by atoms with Crippen molar-refractivity contribution < 1.29 is 27.8 Å². The van der Waals surface area contributed by atoms with Crippen molar-refractivity contribution in [2.75, 3.05) is 13.2 Å². The lowest BCUT2D eigenvalue weighted by atomic mass is 10.1. The van der Waals surface area contributed by atoms with Crippen LogP contribution in [0.15, 0.2) is 59.7 Å². The van der Waals surface area contributed by atoms with Crippen LogP contribution in [0.4, 0.5) is 8.78 Å². The van der Waals surface area contributed by atoms with Gasteiger partial charge in [-0.1, -0.05) is 30.3 Å². The van der Waals surface area contributed by atoms with Crippen LogP contribution in [0.25, 0.3) is 0 Å². The number of nitrogens with zero attached hydrogens (tertiary/aromatic N) is 2. The first-order valence-corrected chi connectivity index (χ1v) is 8.18. The number of halogens is 2. The quantitative estimate of drug-likeness (QED) is 0.729. The lowest BCUT2D eigenvalue weighted by Crippen LogP contribution is -2.28. The van der Waals surface area contributed by atoms with E-state index < -0.39 is 25.1 Å². The van der Waals surface area contributed by atoms with E-state index in [4.69, 9.17) is 4.74 Å². The Balaban J connectivity index is 1.53. The van der Waals surface area contributed by atoms with Gasteiger partial charge in [-0.2, -0.15) is 13.9 Å². The van der Waals surface area contributed by atoms with Crippen molar-refractivity contribution in [3.63, 3.8) is 0 Å². The van der Waals surface area contributed by atoms with Crippen LogP contribution in [0, 0.1) is 0 Å². The van der Waals surface area contributed by atoms with Crippen LogP contribution in [0.5, 0.6) is 5.75 Å². The molecule has 0 saturated heterocycles. The maximum atomic E-state index is 12.2. The highest BCUT2D eigenvalue weighted by Gasteiger charge is 2.22. The van der Waals surface area contributed by atoms with E-state index in [-0.39, 0.29) is 11.3 Å². The van der Waals surface area contributed by atoms with Gasteiger partial charge in [0.05, 0.1) is 17.8 Å². The van der Waals surface area contributed by atoms with E-state index >= 15 is 0 Å². The Morgan fingerprint density at radius 2 is 1.78 bits per heavy atom. The molecule has 1 aliphatic heterocycles. The third kappa shape index (κ3) is 4.87. The molecule has 0 unspecified atom stereocenters. The van der Waals surface area contributed by atoms with Crippen molar-refractivity contribution in [2.45, 2.75) is 13.0 Å². The summed E-state index contributed by atoms with van der Waals surface area (Å²) in [7, 11) is 0. The van der Waals surface area contributed by atoms with Crippen molar-refractivity contribution in [3.8, 4) is 5.75 Å². The molecule has 2 aromatic carbocycles. The Kier molecular flexibility index (Phi) is 5.75. The number of hydrogen-bond donors (Lipinski definition) is 0. The summed E-state index contributed by atoms with van der Waals surface area (Å²) in [6.07, 6.45) is 0.620. The Morgan fingerprint density at radius 1 is 1.07 bits per heavy atom. The first-order valence-electron chi connectivity index (χ1n) is 8.18. The van der Waals surface area contributed by atoms with Crippen molar-refractivity contribution in [1.29, 1.82) is 0 Å². The van der Waals surface area contributed by atoms with Crippen LogP contribution < -0.4 is 4.74 Å². The summed E-state index contributed by atoms with van der Waals surface area (Å²) in [6, 6.07) is 14.5. The predicted octanol–water partition coefficient (Wildman–Crippen LogP) is 3.08. The lowest BCUT2D eigenvalue weighted by Gasteiger charge is -2.11. The molecule has 2 aromatic rings. The molecule has 1 amide bonds. The number of ether oxygens (including phenoxy) is 2. The molecule has 3 rings (SSSR count). The third-order valence-electron chi connectivity index (χ3n) is 3.84. The van der Waals surface area contributed by atoms with E-state index in [0.29, 0.717) is 13.0 Å². The summed E-state index contributed by atoms with van der Waals surface area (Å²) in [5.41, 5.74) is 1.86. The maximum absolute atomic E-state index is 12.2. The number of esters is 1. The molecule has 0 spiro atoms. The number of benzene rings is 2. The summed E-state index contributed by atoms with van der Waals surface area (Å²) in [6.45, 7) is -2.98. The van der Waals surface area contributed by atoms with Crippen molar-refractivity contribution in [2.24, 2.45) is 5.10 Å². The van der Waals surface area contributed by atoms with Crippen LogP contribution in [-0.4, -0.2) is 42.4 Å². The highest BCUT2D eigenvalue weighted by molar-refractivity contribution is 6.02. The molecule has 0 saturated carbocycles. The molecule has 1 aliphatic rings. The fourth-order valence-electron chi connectivity index (χ4n) is 2.53. The Labute approximate surface area is 154 Å². The monoisotopic (exact) mass is 374 g/mol. The van der Waals surface area contributed by atoms with E-state index in [9.17, 15) is 18.4 Å². The van der Waals surface area contributed by atoms with Gasteiger partial charge in [0.15, 0.2) is 6.61 Å². The zero-order chi connectivity index (χ0) is 19.2. The van der Waals surface area contributed by atoms with Gasteiger partial charge >= 0.3 is 12.6 Å². The van der Waals surface area contributed by atoms with Gasteiger partial charge in [-0.25, -0.2) is 9.80 Å². The highest BCUT2D eigenvalue weighted by Crippen LogP contribution is 2.16. The second-order valence-corrected chi connectivity index (χ2v) is 5.66. The van der Waals surface area contributed by atoms with Crippen molar-refractivity contribution in [1.82, 2.24) is 5.01 Å². The minimum Gasteiger partial charge on any atom is -0.452 e. The van der Waals surface area contributed by atoms with Crippen LogP contribution in [0.1, 0.15) is 22.3 Å². The number of carbonyl (C=O) groups excluding carboxylic acids is 2. The number of carbonyl (C=O) groups is 2.